The van der Waals surface area contributed by atoms with Crippen LogP contribution in [0.3, 0.4) is 0 Å². The maximum absolute atomic E-state index is 9.54. The third-order valence-electron chi connectivity index (χ3n) is 5.01. The summed E-state index contributed by atoms with van der Waals surface area (Å²) < 4.78 is 0. The van der Waals surface area contributed by atoms with E-state index in [-0.39, 0.29) is 6.10 Å². The fourth-order valence-corrected chi connectivity index (χ4v) is 4.23. The molecule has 1 saturated heterocycles. The van der Waals surface area contributed by atoms with Gasteiger partial charge in [-0.2, -0.15) is 0 Å². The fourth-order valence-electron chi connectivity index (χ4n) is 4.23. The molecule has 2 aliphatic rings. The zero-order valence-corrected chi connectivity index (χ0v) is 12.3. The molecule has 0 aromatic carbocycles. The van der Waals surface area contributed by atoms with Crippen molar-refractivity contribution >= 4 is 0 Å². The second-order valence-corrected chi connectivity index (χ2v) is 6.84. The van der Waals surface area contributed by atoms with Crippen molar-refractivity contribution < 1.29 is 5.11 Å². The molecule has 2 nitrogen and oxygen atoms in total. The first-order chi connectivity index (χ1) is 8.67. The number of hydrogen-bond donors (Lipinski definition) is 1. The Morgan fingerprint density at radius 1 is 1.00 bits per heavy atom. The molecule has 1 heterocycles. The van der Waals surface area contributed by atoms with Gasteiger partial charge in [0, 0.05) is 19.6 Å². The van der Waals surface area contributed by atoms with E-state index < -0.39 is 0 Å². The number of rotatable bonds is 6. The van der Waals surface area contributed by atoms with Crippen molar-refractivity contribution in [2.45, 2.75) is 71.3 Å². The number of nitrogens with zero attached hydrogens (tertiary/aromatic N) is 1. The van der Waals surface area contributed by atoms with Crippen LogP contribution >= 0.6 is 0 Å². The summed E-state index contributed by atoms with van der Waals surface area (Å²) in [6.45, 7) is 8.62. The minimum absolute atomic E-state index is 0.00286. The Balaban J connectivity index is 1.71. The van der Waals surface area contributed by atoms with Crippen LogP contribution in [0.15, 0.2) is 0 Å². The Morgan fingerprint density at radius 2 is 1.56 bits per heavy atom. The Hall–Kier alpha value is -0.0800. The van der Waals surface area contributed by atoms with Crippen LogP contribution in [-0.4, -0.2) is 35.7 Å². The topological polar surface area (TPSA) is 23.5 Å². The highest BCUT2D eigenvalue weighted by molar-refractivity contribution is 4.95. The maximum atomic E-state index is 9.54. The summed E-state index contributed by atoms with van der Waals surface area (Å²) in [6.07, 6.45) is 10.1. The quantitative estimate of drug-likeness (QED) is 0.784. The maximum Gasteiger partial charge on any atom is 0.0540 e. The van der Waals surface area contributed by atoms with Crippen LogP contribution < -0.4 is 0 Å². The first kappa shape index (κ1) is 14.3. The van der Waals surface area contributed by atoms with Gasteiger partial charge in [-0.25, -0.2) is 0 Å². The zero-order chi connectivity index (χ0) is 13.0. The van der Waals surface area contributed by atoms with Gasteiger partial charge in [-0.15, -0.1) is 0 Å². The van der Waals surface area contributed by atoms with Crippen LogP contribution in [0.1, 0.15) is 65.2 Å². The molecule has 18 heavy (non-hydrogen) atoms. The van der Waals surface area contributed by atoms with Crippen molar-refractivity contribution in [1.29, 1.82) is 0 Å². The SMILES string of the molecule is CCCC1(CCC)CN(CC2CCC(O)CC2)C1. The van der Waals surface area contributed by atoms with Gasteiger partial charge in [0.15, 0.2) is 0 Å². The minimum Gasteiger partial charge on any atom is -0.393 e. The van der Waals surface area contributed by atoms with Gasteiger partial charge in [0.1, 0.15) is 0 Å². The summed E-state index contributed by atoms with van der Waals surface area (Å²) in [5.41, 5.74) is 0.664. The highest BCUT2D eigenvalue weighted by Crippen LogP contribution is 2.40. The lowest BCUT2D eigenvalue weighted by molar-refractivity contribution is -0.0309. The van der Waals surface area contributed by atoms with E-state index in [1.807, 2.05) is 0 Å². The molecule has 0 spiro atoms. The fraction of sp³-hybridized carbons (Fsp3) is 1.00. The Kier molecular flexibility index (Phi) is 5.08. The summed E-state index contributed by atoms with van der Waals surface area (Å²) >= 11 is 0. The smallest absolute Gasteiger partial charge is 0.0540 e. The molecule has 1 N–H and O–H groups in total. The molecule has 106 valence electrons. The number of hydrogen-bond acceptors (Lipinski definition) is 2. The van der Waals surface area contributed by atoms with E-state index in [0.29, 0.717) is 5.41 Å². The van der Waals surface area contributed by atoms with E-state index in [9.17, 15) is 5.11 Å². The molecule has 2 rings (SSSR count). The van der Waals surface area contributed by atoms with E-state index in [4.69, 9.17) is 0 Å². The molecule has 0 aromatic heterocycles. The molecule has 2 fully saturated rings. The Labute approximate surface area is 113 Å². The second kappa shape index (κ2) is 6.38. The summed E-state index contributed by atoms with van der Waals surface area (Å²) in [4.78, 5) is 2.67. The van der Waals surface area contributed by atoms with Crippen LogP contribution in [-0.2, 0) is 0 Å². The molecule has 0 unspecified atom stereocenters. The van der Waals surface area contributed by atoms with Crippen LogP contribution in [0.25, 0.3) is 0 Å². The molecular weight excluding hydrogens is 222 g/mol. The van der Waals surface area contributed by atoms with Gasteiger partial charge < -0.3 is 10.0 Å². The second-order valence-electron chi connectivity index (χ2n) is 6.84. The highest BCUT2D eigenvalue weighted by atomic mass is 16.3. The first-order valence-corrected chi connectivity index (χ1v) is 8.08. The van der Waals surface area contributed by atoms with E-state index in [0.717, 1.165) is 18.8 Å². The molecule has 0 aromatic rings. The number of likely N-dealkylation sites (tertiary alicyclic amines) is 1. The average Bonchev–Trinajstić information content (AvgIpc) is 2.30. The van der Waals surface area contributed by atoms with Crippen molar-refractivity contribution in [3.8, 4) is 0 Å². The molecule has 0 amide bonds. The summed E-state index contributed by atoms with van der Waals surface area (Å²) in [7, 11) is 0. The molecule has 0 radical (unpaired) electrons. The van der Waals surface area contributed by atoms with Gasteiger partial charge in [-0.05, 0) is 49.9 Å². The van der Waals surface area contributed by atoms with E-state index >= 15 is 0 Å². The largest absolute Gasteiger partial charge is 0.393 e. The van der Waals surface area contributed by atoms with Gasteiger partial charge in [0.2, 0.25) is 0 Å². The van der Waals surface area contributed by atoms with Crippen LogP contribution in [0, 0.1) is 11.3 Å². The third-order valence-corrected chi connectivity index (χ3v) is 5.01. The molecule has 0 atom stereocenters. The molecule has 0 bridgehead atoms. The van der Waals surface area contributed by atoms with Crippen molar-refractivity contribution in [3.05, 3.63) is 0 Å². The number of aliphatic hydroxyl groups excluding tert-OH is 1. The molecular formula is C16H31NO. The molecule has 1 aliphatic carbocycles. The van der Waals surface area contributed by atoms with Crippen molar-refractivity contribution in [2.24, 2.45) is 11.3 Å². The predicted molar refractivity (Wildman–Crippen MR) is 76.7 cm³/mol. The van der Waals surface area contributed by atoms with E-state index in [1.165, 1.54) is 58.2 Å². The van der Waals surface area contributed by atoms with Gasteiger partial charge >= 0.3 is 0 Å². The van der Waals surface area contributed by atoms with Gasteiger partial charge in [-0.1, -0.05) is 26.7 Å². The lowest BCUT2D eigenvalue weighted by Gasteiger charge is -2.52. The van der Waals surface area contributed by atoms with Crippen LogP contribution in [0.2, 0.25) is 0 Å². The monoisotopic (exact) mass is 253 g/mol. The Bertz CT molecular complexity index is 231. The third kappa shape index (κ3) is 3.48. The summed E-state index contributed by atoms with van der Waals surface area (Å²) in [6, 6.07) is 0. The molecule has 1 aliphatic heterocycles. The molecule has 1 saturated carbocycles. The highest BCUT2D eigenvalue weighted by Gasteiger charge is 2.41. The van der Waals surface area contributed by atoms with Gasteiger partial charge in [0.25, 0.3) is 0 Å². The van der Waals surface area contributed by atoms with Crippen molar-refractivity contribution in [2.75, 3.05) is 19.6 Å². The van der Waals surface area contributed by atoms with Crippen LogP contribution in [0.5, 0.6) is 0 Å². The van der Waals surface area contributed by atoms with Gasteiger partial charge in [-0.3, -0.25) is 0 Å². The summed E-state index contributed by atoms with van der Waals surface area (Å²) in [5, 5.41) is 9.54. The molecule has 2 heteroatoms. The van der Waals surface area contributed by atoms with E-state index in [1.54, 1.807) is 0 Å². The first-order valence-electron chi connectivity index (χ1n) is 8.08. The van der Waals surface area contributed by atoms with Crippen LogP contribution in [0.4, 0.5) is 0 Å². The standard InChI is InChI=1S/C16H31NO/c1-3-9-16(10-4-2)12-17(13-16)11-14-5-7-15(18)8-6-14/h14-15,18H,3-13H2,1-2H3. The lowest BCUT2D eigenvalue weighted by Crippen LogP contribution is -2.57. The minimum atomic E-state index is -0.00286. The Morgan fingerprint density at radius 3 is 2.06 bits per heavy atom. The van der Waals surface area contributed by atoms with Gasteiger partial charge in [0.05, 0.1) is 6.10 Å². The van der Waals surface area contributed by atoms with E-state index in [2.05, 4.69) is 18.7 Å². The lowest BCUT2D eigenvalue weighted by atomic mass is 9.72. The normalized spacial score (nSPS) is 32.2. The predicted octanol–water partition coefficient (Wildman–Crippen LogP) is 3.44. The van der Waals surface area contributed by atoms with Crippen molar-refractivity contribution in [3.63, 3.8) is 0 Å². The van der Waals surface area contributed by atoms with Crippen molar-refractivity contribution in [1.82, 2.24) is 4.90 Å². The average molecular weight is 253 g/mol. The zero-order valence-electron chi connectivity index (χ0n) is 12.3. The summed E-state index contributed by atoms with van der Waals surface area (Å²) in [5.74, 6) is 0.856. The number of aliphatic hydroxyl groups is 1.